The number of methoxy groups -OCH3 is 1. The summed E-state index contributed by atoms with van der Waals surface area (Å²) in [5, 5.41) is 13.4. The molecular formula is C14H21NO2. The first-order chi connectivity index (χ1) is 8.19. The molecular weight excluding hydrogens is 214 g/mol. The van der Waals surface area contributed by atoms with Crippen molar-refractivity contribution in [3.8, 4) is 11.5 Å². The van der Waals surface area contributed by atoms with Gasteiger partial charge in [0.25, 0.3) is 0 Å². The fraction of sp³-hybridized carbons (Fsp3) is 0.571. The average Bonchev–Trinajstić information content (AvgIpc) is 2.30. The molecule has 0 unspecified atom stereocenters. The Morgan fingerprint density at radius 3 is 2.71 bits per heavy atom. The first-order valence-corrected chi connectivity index (χ1v) is 6.30. The van der Waals surface area contributed by atoms with Crippen molar-refractivity contribution in [1.29, 1.82) is 0 Å². The van der Waals surface area contributed by atoms with E-state index in [1.165, 1.54) is 19.3 Å². The van der Waals surface area contributed by atoms with Gasteiger partial charge in [-0.3, -0.25) is 0 Å². The molecule has 1 aromatic carbocycles. The van der Waals surface area contributed by atoms with Gasteiger partial charge in [-0.15, -0.1) is 0 Å². The first-order valence-electron chi connectivity index (χ1n) is 6.30. The van der Waals surface area contributed by atoms with Crippen molar-refractivity contribution in [3.05, 3.63) is 23.8 Å². The van der Waals surface area contributed by atoms with Gasteiger partial charge in [0.1, 0.15) is 11.5 Å². The molecule has 0 atom stereocenters. The molecule has 0 amide bonds. The summed E-state index contributed by atoms with van der Waals surface area (Å²) in [6, 6.07) is 5.36. The van der Waals surface area contributed by atoms with E-state index in [0.29, 0.717) is 17.8 Å². The van der Waals surface area contributed by atoms with Crippen LogP contribution in [0.4, 0.5) is 0 Å². The Kier molecular flexibility index (Phi) is 3.57. The van der Waals surface area contributed by atoms with Crippen LogP contribution in [0.15, 0.2) is 18.2 Å². The lowest BCUT2D eigenvalue weighted by Crippen LogP contribution is -2.49. The number of benzene rings is 1. The first kappa shape index (κ1) is 12.2. The minimum Gasteiger partial charge on any atom is -0.508 e. The highest BCUT2D eigenvalue weighted by atomic mass is 16.5. The number of nitrogens with one attached hydrogen (secondary N) is 1. The molecule has 1 aromatic rings. The Balaban J connectivity index is 2.02. The standard InChI is InChI=1S/C14H21NO2/c1-3-14(7-4-8-14)15-10-11-9-12(17-2)5-6-13(11)16/h5-6,9,15-16H,3-4,7-8,10H2,1-2H3. The molecule has 2 rings (SSSR count). The molecule has 94 valence electrons. The van der Waals surface area contributed by atoms with E-state index in [1.54, 1.807) is 19.2 Å². The van der Waals surface area contributed by atoms with Gasteiger partial charge in [-0.2, -0.15) is 0 Å². The highest BCUT2D eigenvalue weighted by Gasteiger charge is 2.34. The van der Waals surface area contributed by atoms with Crippen LogP contribution in [0.1, 0.15) is 38.2 Å². The number of phenolic OH excluding ortho intramolecular Hbond substituents is 1. The molecule has 2 N–H and O–H groups in total. The fourth-order valence-electron chi connectivity index (χ4n) is 2.37. The molecule has 0 radical (unpaired) electrons. The monoisotopic (exact) mass is 235 g/mol. The number of phenols is 1. The van der Waals surface area contributed by atoms with Crippen LogP contribution in [0.5, 0.6) is 11.5 Å². The zero-order chi connectivity index (χ0) is 12.3. The second-order valence-electron chi connectivity index (χ2n) is 4.84. The maximum Gasteiger partial charge on any atom is 0.120 e. The summed E-state index contributed by atoms with van der Waals surface area (Å²) >= 11 is 0. The van der Waals surface area contributed by atoms with E-state index in [0.717, 1.165) is 17.7 Å². The van der Waals surface area contributed by atoms with Gasteiger partial charge in [0, 0.05) is 17.6 Å². The summed E-state index contributed by atoms with van der Waals surface area (Å²) in [5.41, 5.74) is 1.21. The van der Waals surface area contributed by atoms with Crippen LogP contribution in [-0.2, 0) is 6.54 Å². The van der Waals surface area contributed by atoms with Gasteiger partial charge in [0.05, 0.1) is 7.11 Å². The maximum absolute atomic E-state index is 9.80. The van der Waals surface area contributed by atoms with Gasteiger partial charge in [-0.1, -0.05) is 6.92 Å². The Labute approximate surface area is 103 Å². The van der Waals surface area contributed by atoms with E-state index < -0.39 is 0 Å². The molecule has 0 aliphatic heterocycles. The van der Waals surface area contributed by atoms with Crippen molar-refractivity contribution in [2.45, 2.75) is 44.7 Å². The van der Waals surface area contributed by atoms with Crippen molar-refractivity contribution in [2.24, 2.45) is 0 Å². The fourth-order valence-corrected chi connectivity index (χ4v) is 2.37. The van der Waals surface area contributed by atoms with E-state index in [-0.39, 0.29) is 0 Å². The van der Waals surface area contributed by atoms with Gasteiger partial charge in [0.15, 0.2) is 0 Å². The summed E-state index contributed by atoms with van der Waals surface area (Å²) in [7, 11) is 1.64. The van der Waals surface area contributed by atoms with E-state index in [1.807, 2.05) is 6.07 Å². The van der Waals surface area contributed by atoms with Crippen molar-refractivity contribution in [1.82, 2.24) is 5.32 Å². The van der Waals surface area contributed by atoms with Gasteiger partial charge in [-0.25, -0.2) is 0 Å². The largest absolute Gasteiger partial charge is 0.508 e. The molecule has 1 fully saturated rings. The lowest BCUT2D eigenvalue weighted by Gasteiger charge is -2.42. The third kappa shape index (κ3) is 2.55. The van der Waals surface area contributed by atoms with Gasteiger partial charge in [-0.05, 0) is 43.9 Å². The number of ether oxygens (including phenoxy) is 1. The highest BCUT2D eigenvalue weighted by Crippen LogP contribution is 2.35. The summed E-state index contributed by atoms with van der Waals surface area (Å²) in [6.45, 7) is 2.93. The Hall–Kier alpha value is -1.22. The molecule has 3 nitrogen and oxygen atoms in total. The normalized spacial score (nSPS) is 17.5. The second kappa shape index (κ2) is 4.96. The molecule has 1 saturated carbocycles. The van der Waals surface area contributed by atoms with Crippen LogP contribution in [0.3, 0.4) is 0 Å². The van der Waals surface area contributed by atoms with E-state index in [4.69, 9.17) is 4.74 Å². The molecule has 1 aliphatic carbocycles. The number of hydrogen-bond acceptors (Lipinski definition) is 3. The van der Waals surface area contributed by atoms with Crippen molar-refractivity contribution >= 4 is 0 Å². The molecule has 17 heavy (non-hydrogen) atoms. The van der Waals surface area contributed by atoms with Crippen LogP contribution in [0.2, 0.25) is 0 Å². The zero-order valence-corrected chi connectivity index (χ0v) is 10.6. The van der Waals surface area contributed by atoms with E-state index in [2.05, 4.69) is 12.2 Å². The Bertz CT molecular complexity index is 380. The number of rotatable bonds is 5. The molecule has 3 heteroatoms. The number of aromatic hydroxyl groups is 1. The maximum atomic E-state index is 9.80. The molecule has 0 spiro atoms. The van der Waals surface area contributed by atoms with E-state index in [9.17, 15) is 5.11 Å². The summed E-state index contributed by atoms with van der Waals surface area (Å²) in [4.78, 5) is 0. The predicted molar refractivity (Wildman–Crippen MR) is 68.4 cm³/mol. The number of hydrogen-bond donors (Lipinski definition) is 2. The van der Waals surface area contributed by atoms with Crippen molar-refractivity contribution in [2.75, 3.05) is 7.11 Å². The van der Waals surface area contributed by atoms with Crippen LogP contribution in [0.25, 0.3) is 0 Å². The molecule has 0 saturated heterocycles. The molecule has 1 aliphatic rings. The van der Waals surface area contributed by atoms with Crippen LogP contribution >= 0.6 is 0 Å². The smallest absolute Gasteiger partial charge is 0.120 e. The Morgan fingerprint density at radius 1 is 1.41 bits per heavy atom. The van der Waals surface area contributed by atoms with E-state index >= 15 is 0 Å². The molecule has 0 aromatic heterocycles. The summed E-state index contributed by atoms with van der Waals surface area (Å²) in [6.07, 6.45) is 4.95. The molecule has 0 heterocycles. The van der Waals surface area contributed by atoms with Crippen molar-refractivity contribution < 1.29 is 9.84 Å². The van der Waals surface area contributed by atoms with Crippen LogP contribution < -0.4 is 10.1 Å². The minimum absolute atomic E-state index is 0.301. The van der Waals surface area contributed by atoms with Gasteiger partial charge >= 0.3 is 0 Å². The SMILES string of the molecule is CCC1(NCc2cc(OC)ccc2O)CCC1. The summed E-state index contributed by atoms with van der Waals surface area (Å²) < 4.78 is 5.17. The average molecular weight is 235 g/mol. The van der Waals surface area contributed by atoms with Gasteiger partial charge < -0.3 is 15.2 Å². The van der Waals surface area contributed by atoms with Crippen LogP contribution in [-0.4, -0.2) is 17.8 Å². The molecule has 0 bridgehead atoms. The lowest BCUT2D eigenvalue weighted by atomic mass is 9.75. The zero-order valence-electron chi connectivity index (χ0n) is 10.6. The van der Waals surface area contributed by atoms with Crippen LogP contribution in [0, 0.1) is 0 Å². The predicted octanol–water partition coefficient (Wildman–Crippen LogP) is 2.82. The minimum atomic E-state index is 0.301. The third-order valence-electron chi connectivity index (χ3n) is 3.93. The third-order valence-corrected chi connectivity index (χ3v) is 3.93. The lowest BCUT2D eigenvalue weighted by molar-refractivity contribution is 0.175. The Morgan fingerprint density at radius 2 is 2.18 bits per heavy atom. The second-order valence-corrected chi connectivity index (χ2v) is 4.84. The highest BCUT2D eigenvalue weighted by molar-refractivity contribution is 5.39. The van der Waals surface area contributed by atoms with Gasteiger partial charge in [0.2, 0.25) is 0 Å². The topological polar surface area (TPSA) is 41.5 Å². The quantitative estimate of drug-likeness (QED) is 0.824. The van der Waals surface area contributed by atoms with Crippen molar-refractivity contribution in [3.63, 3.8) is 0 Å². The summed E-state index contributed by atoms with van der Waals surface area (Å²) in [5.74, 6) is 1.13.